The number of rotatable bonds is 1. The molecule has 2 aliphatic rings. The van der Waals surface area contributed by atoms with Gasteiger partial charge < -0.3 is 4.74 Å². The minimum Gasteiger partial charge on any atom is -0.376 e. The molecule has 0 amide bonds. The van der Waals surface area contributed by atoms with Crippen LogP contribution in [0.5, 0.6) is 0 Å². The van der Waals surface area contributed by atoms with Gasteiger partial charge in [-0.05, 0) is 31.3 Å². The normalized spacial score (nSPS) is 29.4. The van der Waals surface area contributed by atoms with Crippen LogP contribution in [0.1, 0.15) is 32.1 Å². The van der Waals surface area contributed by atoms with Crippen LogP contribution >= 0.6 is 0 Å². The van der Waals surface area contributed by atoms with Crippen LogP contribution < -0.4 is 0 Å². The Hall–Kier alpha value is -0.560. The van der Waals surface area contributed by atoms with Gasteiger partial charge >= 0.3 is 0 Å². The Morgan fingerprint density at radius 2 is 2.00 bits per heavy atom. The minimum absolute atomic E-state index is 0.521. The fraction of sp³-hybridized carbons (Fsp3) is 0.667. The summed E-state index contributed by atoms with van der Waals surface area (Å²) in [6.07, 6.45) is 9.21. The van der Waals surface area contributed by atoms with E-state index in [0.29, 0.717) is 5.92 Å². The van der Waals surface area contributed by atoms with Gasteiger partial charge in [0.1, 0.15) is 0 Å². The average molecular weight is 178 g/mol. The van der Waals surface area contributed by atoms with Gasteiger partial charge in [-0.15, -0.1) is 0 Å². The van der Waals surface area contributed by atoms with E-state index in [9.17, 15) is 0 Å². The minimum atomic E-state index is 0.521. The van der Waals surface area contributed by atoms with Crippen LogP contribution in [0.4, 0.5) is 0 Å². The van der Waals surface area contributed by atoms with Gasteiger partial charge in [0.2, 0.25) is 0 Å². The highest BCUT2D eigenvalue weighted by Gasteiger charge is 2.18. The maximum atomic E-state index is 5.37. The SMILES string of the molecule is C=C1COCC1C=C1CCCCC1. The Bertz CT molecular complexity index is 219. The number of hydrogen-bond donors (Lipinski definition) is 0. The van der Waals surface area contributed by atoms with Crippen LogP contribution in [0.2, 0.25) is 0 Å². The summed E-state index contributed by atoms with van der Waals surface area (Å²) >= 11 is 0. The van der Waals surface area contributed by atoms with Crippen LogP contribution in [-0.4, -0.2) is 13.2 Å². The molecule has 0 spiro atoms. The fourth-order valence-corrected chi connectivity index (χ4v) is 2.16. The summed E-state index contributed by atoms with van der Waals surface area (Å²) in [6.45, 7) is 5.67. The smallest absolute Gasteiger partial charge is 0.0681 e. The number of hydrogen-bond acceptors (Lipinski definition) is 1. The molecule has 72 valence electrons. The van der Waals surface area contributed by atoms with E-state index in [1.54, 1.807) is 5.57 Å². The lowest BCUT2D eigenvalue weighted by Gasteiger charge is -2.15. The maximum absolute atomic E-state index is 5.37. The van der Waals surface area contributed by atoms with E-state index in [2.05, 4.69) is 12.7 Å². The van der Waals surface area contributed by atoms with Crippen LogP contribution in [0.3, 0.4) is 0 Å². The fourth-order valence-electron chi connectivity index (χ4n) is 2.16. The highest BCUT2D eigenvalue weighted by Crippen LogP contribution is 2.27. The third-order valence-corrected chi connectivity index (χ3v) is 3.04. The molecule has 13 heavy (non-hydrogen) atoms. The zero-order valence-electron chi connectivity index (χ0n) is 8.22. The molecular weight excluding hydrogens is 160 g/mol. The molecule has 0 bridgehead atoms. The van der Waals surface area contributed by atoms with E-state index in [0.717, 1.165) is 13.2 Å². The lowest BCUT2D eigenvalue weighted by atomic mass is 9.91. The van der Waals surface area contributed by atoms with Crippen molar-refractivity contribution < 1.29 is 4.74 Å². The molecule has 1 heterocycles. The molecule has 1 saturated heterocycles. The van der Waals surface area contributed by atoms with Gasteiger partial charge in [0, 0.05) is 5.92 Å². The molecule has 0 N–H and O–H groups in total. The Morgan fingerprint density at radius 3 is 2.62 bits per heavy atom. The topological polar surface area (TPSA) is 9.23 Å². The van der Waals surface area contributed by atoms with Crippen molar-refractivity contribution in [3.05, 3.63) is 23.8 Å². The summed E-state index contributed by atoms with van der Waals surface area (Å²) in [4.78, 5) is 0. The van der Waals surface area contributed by atoms with Crippen molar-refractivity contribution >= 4 is 0 Å². The second-order valence-electron chi connectivity index (χ2n) is 4.17. The van der Waals surface area contributed by atoms with Crippen LogP contribution in [-0.2, 0) is 4.74 Å². The van der Waals surface area contributed by atoms with E-state index in [4.69, 9.17) is 4.74 Å². The van der Waals surface area contributed by atoms with Gasteiger partial charge in [-0.3, -0.25) is 0 Å². The molecule has 1 nitrogen and oxygen atoms in total. The molecule has 1 saturated carbocycles. The first-order valence-corrected chi connectivity index (χ1v) is 5.31. The highest BCUT2D eigenvalue weighted by atomic mass is 16.5. The summed E-state index contributed by atoms with van der Waals surface area (Å²) in [6, 6.07) is 0. The molecule has 0 aromatic carbocycles. The second-order valence-corrected chi connectivity index (χ2v) is 4.17. The molecule has 2 rings (SSSR count). The van der Waals surface area contributed by atoms with Crippen molar-refractivity contribution in [1.82, 2.24) is 0 Å². The van der Waals surface area contributed by atoms with Crippen molar-refractivity contribution in [2.75, 3.05) is 13.2 Å². The van der Waals surface area contributed by atoms with Gasteiger partial charge in [-0.2, -0.15) is 0 Å². The summed E-state index contributed by atoms with van der Waals surface area (Å²) in [5.74, 6) is 0.521. The lowest BCUT2D eigenvalue weighted by Crippen LogP contribution is -2.01. The monoisotopic (exact) mass is 178 g/mol. The third kappa shape index (κ3) is 2.22. The average Bonchev–Trinajstić information content (AvgIpc) is 2.54. The molecule has 0 aromatic rings. The zero-order chi connectivity index (χ0) is 9.10. The summed E-state index contributed by atoms with van der Waals surface area (Å²) in [7, 11) is 0. The molecule has 1 aliphatic carbocycles. The predicted molar refractivity (Wildman–Crippen MR) is 54.6 cm³/mol. The number of ether oxygens (including phenoxy) is 1. The molecule has 1 atom stereocenters. The first-order valence-electron chi connectivity index (χ1n) is 5.31. The lowest BCUT2D eigenvalue weighted by molar-refractivity contribution is 0.195. The number of allylic oxidation sites excluding steroid dienone is 1. The summed E-state index contributed by atoms with van der Waals surface area (Å²) < 4.78 is 5.37. The molecule has 0 radical (unpaired) electrons. The molecule has 2 fully saturated rings. The van der Waals surface area contributed by atoms with Crippen LogP contribution in [0, 0.1) is 5.92 Å². The van der Waals surface area contributed by atoms with Crippen molar-refractivity contribution in [3.63, 3.8) is 0 Å². The standard InChI is InChI=1S/C12H18O/c1-10-8-13-9-12(10)7-11-5-3-2-4-6-11/h7,12H,1-6,8-9H2. The Balaban J connectivity index is 1.96. The molecule has 0 aromatic heterocycles. The molecule has 1 aliphatic heterocycles. The Kier molecular flexibility index (Phi) is 2.84. The summed E-state index contributed by atoms with van der Waals surface area (Å²) in [5.41, 5.74) is 2.90. The largest absolute Gasteiger partial charge is 0.376 e. The second kappa shape index (κ2) is 4.10. The summed E-state index contributed by atoms with van der Waals surface area (Å²) in [5, 5.41) is 0. The van der Waals surface area contributed by atoms with E-state index < -0.39 is 0 Å². The first-order chi connectivity index (χ1) is 6.36. The zero-order valence-corrected chi connectivity index (χ0v) is 8.22. The third-order valence-electron chi connectivity index (χ3n) is 3.04. The van der Waals surface area contributed by atoms with Gasteiger partial charge in [-0.1, -0.05) is 24.6 Å². The van der Waals surface area contributed by atoms with E-state index in [1.807, 2.05) is 0 Å². The van der Waals surface area contributed by atoms with Crippen LogP contribution in [0.15, 0.2) is 23.8 Å². The Morgan fingerprint density at radius 1 is 1.23 bits per heavy atom. The Labute approximate surface area is 80.5 Å². The quantitative estimate of drug-likeness (QED) is 0.561. The van der Waals surface area contributed by atoms with Crippen molar-refractivity contribution in [2.24, 2.45) is 5.92 Å². The van der Waals surface area contributed by atoms with Crippen LogP contribution in [0.25, 0.3) is 0 Å². The molecule has 1 heteroatoms. The van der Waals surface area contributed by atoms with Gasteiger partial charge in [0.15, 0.2) is 0 Å². The predicted octanol–water partition coefficient (Wildman–Crippen LogP) is 3.08. The first kappa shape index (κ1) is 9.01. The maximum Gasteiger partial charge on any atom is 0.0681 e. The van der Waals surface area contributed by atoms with Crippen molar-refractivity contribution in [3.8, 4) is 0 Å². The molecular formula is C12H18O. The van der Waals surface area contributed by atoms with E-state index >= 15 is 0 Å². The van der Waals surface area contributed by atoms with Gasteiger partial charge in [-0.25, -0.2) is 0 Å². The highest BCUT2D eigenvalue weighted by molar-refractivity contribution is 5.18. The van der Waals surface area contributed by atoms with E-state index in [-0.39, 0.29) is 0 Å². The van der Waals surface area contributed by atoms with E-state index in [1.165, 1.54) is 37.7 Å². The molecule has 1 unspecified atom stereocenters. The van der Waals surface area contributed by atoms with Gasteiger partial charge in [0.05, 0.1) is 13.2 Å². The van der Waals surface area contributed by atoms with Crippen molar-refractivity contribution in [1.29, 1.82) is 0 Å². The van der Waals surface area contributed by atoms with Gasteiger partial charge in [0.25, 0.3) is 0 Å². The van der Waals surface area contributed by atoms with Crippen molar-refractivity contribution in [2.45, 2.75) is 32.1 Å².